The number of para-hydroxylation sites is 1. The monoisotopic (exact) mass is 209 g/mol. The van der Waals surface area contributed by atoms with E-state index in [-0.39, 0.29) is 9.68 Å². The fourth-order valence-electron chi connectivity index (χ4n) is 1.50. The smallest absolute Gasteiger partial charge is 0.123 e. The first-order valence-electron chi connectivity index (χ1n) is 5.04. The molecule has 0 N–H and O–H groups in total. The van der Waals surface area contributed by atoms with E-state index in [0.29, 0.717) is 0 Å². The summed E-state index contributed by atoms with van der Waals surface area (Å²) in [5, 5.41) is 1.00. The Morgan fingerprint density at radius 1 is 1.38 bits per heavy atom. The molecule has 0 saturated heterocycles. The van der Waals surface area contributed by atoms with E-state index >= 15 is 0 Å². The maximum atomic E-state index is 2.58. The number of nitrogens with zero attached hydrogens (tertiary/aromatic N) is 1. The van der Waals surface area contributed by atoms with Crippen molar-refractivity contribution >= 4 is 25.6 Å². The molecule has 0 aromatic heterocycles. The van der Waals surface area contributed by atoms with Crippen molar-refractivity contribution in [3.8, 4) is 0 Å². The standard InChI is InChI=1S/C10H19NSi2/c1-3-11(13-9(2)12)10-7-5-4-6-8-10/h4-9H,3,13H2,1-2,12H3. The number of hydrogen-bond acceptors (Lipinski definition) is 1. The zero-order valence-electron chi connectivity index (χ0n) is 8.83. The number of benzene rings is 1. The average Bonchev–Trinajstić information content (AvgIpc) is 2.15. The van der Waals surface area contributed by atoms with E-state index in [2.05, 4.69) is 48.7 Å². The van der Waals surface area contributed by atoms with Gasteiger partial charge in [0, 0.05) is 22.5 Å². The minimum atomic E-state index is -0.0432. The van der Waals surface area contributed by atoms with E-state index in [4.69, 9.17) is 0 Å². The largest absolute Gasteiger partial charge is 0.404 e. The molecule has 0 aliphatic carbocycles. The van der Waals surface area contributed by atoms with Gasteiger partial charge in [0.05, 0.1) is 0 Å². The maximum absolute atomic E-state index is 2.58. The van der Waals surface area contributed by atoms with Gasteiger partial charge >= 0.3 is 0 Å². The highest BCUT2D eigenvalue weighted by molar-refractivity contribution is 6.53. The van der Waals surface area contributed by atoms with Gasteiger partial charge in [0.15, 0.2) is 0 Å². The van der Waals surface area contributed by atoms with E-state index in [9.17, 15) is 0 Å². The molecule has 0 spiro atoms. The Kier molecular flexibility index (Phi) is 4.25. The summed E-state index contributed by atoms with van der Waals surface area (Å²) in [6, 6.07) is 10.8. The van der Waals surface area contributed by atoms with Crippen molar-refractivity contribution in [3.63, 3.8) is 0 Å². The Balaban J connectivity index is 2.67. The van der Waals surface area contributed by atoms with Crippen LogP contribution in [-0.2, 0) is 0 Å². The summed E-state index contributed by atoms with van der Waals surface area (Å²) in [7, 11) is 1.30. The highest BCUT2D eigenvalue weighted by atomic mass is 28.3. The number of rotatable bonds is 4. The Morgan fingerprint density at radius 3 is 2.46 bits per heavy atom. The molecule has 72 valence electrons. The Morgan fingerprint density at radius 2 is 2.00 bits per heavy atom. The lowest BCUT2D eigenvalue weighted by molar-refractivity contribution is 1.07. The van der Waals surface area contributed by atoms with Crippen LogP contribution in [-0.4, -0.2) is 26.5 Å². The molecule has 0 heterocycles. The fourth-order valence-corrected chi connectivity index (χ4v) is 4.38. The van der Waals surface area contributed by atoms with Crippen molar-refractivity contribution in [2.24, 2.45) is 0 Å². The van der Waals surface area contributed by atoms with Crippen LogP contribution in [0.1, 0.15) is 13.8 Å². The zero-order valence-corrected chi connectivity index (χ0v) is 12.2. The third-order valence-corrected chi connectivity index (χ3v) is 5.17. The van der Waals surface area contributed by atoms with Gasteiger partial charge in [-0.15, -0.1) is 0 Å². The van der Waals surface area contributed by atoms with Crippen LogP contribution in [0.2, 0.25) is 5.16 Å². The molecule has 1 nitrogen and oxygen atoms in total. The zero-order chi connectivity index (χ0) is 9.68. The van der Waals surface area contributed by atoms with Crippen molar-refractivity contribution < 1.29 is 0 Å². The normalized spacial score (nSPS) is 13.7. The molecule has 0 aliphatic rings. The van der Waals surface area contributed by atoms with Crippen LogP contribution in [0, 0.1) is 0 Å². The quantitative estimate of drug-likeness (QED) is 0.661. The number of anilines is 1. The lowest BCUT2D eigenvalue weighted by atomic mass is 10.3. The van der Waals surface area contributed by atoms with E-state index < -0.39 is 0 Å². The van der Waals surface area contributed by atoms with E-state index in [0.717, 1.165) is 5.16 Å². The molecule has 0 saturated carbocycles. The summed E-state index contributed by atoms with van der Waals surface area (Å²) in [6.07, 6.45) is 0. The lowest BCUT2D eigenvalue weighted by Crippen LogP contribution is -2.29. The van der Waals surface area contributed by atoms with Crippen molar-refractivity contribution in [2.75, 3.05) is 11.1 Å². The minimum Gasteiger partial charge on any atom is -0.404 e. The van der Waals surface area contributed by atoms with Crippen LogP contribution in [0.5, 0.6) is 0 Å². The molecule has 0 bridgehead atoms. The molecule has 3 heteroatoms. The Labute approximate surface area is 86.5 Å². The van der Waals surface area contributed by atoms with Gasteiger partial charge in [-0.3, -0.25) is 0 Å². The fraction of sp³-hybridized carbons (Fsp3) is 0.400. The number of hydrogen-bond donors (Lipinski definition) is 0. The second kappa shape index (κ2) is 5.24. The van der Waals surface area contributed by atoms with Crippen LogP contribution >= 0.6 is 0 Å². The van der Waals surface area contributed by atoms with E-state index in [1.54, 1.807) is 0 Å². The van der Waals surface area contributed by atoms with Gasteiger partial charge in [0.25, 0.3) is 0 Å². The molecule has 0 aliphatic heterocycles. The molecule has 1 atom stereocenters. The molecule has 1 unspecified atom stereocenters. The predicted octanol–water partition coefficient (Wildman–Crippen LogP) is 0.728. The summed E-state index contributed by atoms with van der Waals surface area (Å²) in [5.74, 6) is 0. The average molecular weight is 209 g/mol. The minimum absolute atomic E-state index is 0.0432. The van der Waals surface area contributed by atoms with Crippen LogP contribution in [0.25, 0.3) is 0 Å². The second-order valence-corrected chi connectivity index (χ2v) is 10.1. The Bertz CT molecular complexity index is 236. The summed E-state index contributed by atoms with van der Waals surface area (Å²) in [5.41, 5.74) is 1.42. The van der Waals surface area contributed by atoms with Crippen molar-refractivity contribution in [1.82, 2.24) is 0 Å². The first kappa shape index (κ1) is 10.5. The van der Waals surface area contributed by atoms with Gasteiger partial charge in [-0.05, 0) is 24.2 Å². The van der Waals surface area contributed by atoms with Crippen LogP contribution in [0.3, 0.4) is 0 Å². The predicted molar refractivity (Wildman–Crippen MR) is 67.4 cm³/mol. The molecular formula is C10H19NSi2. The lowest BCUT2D eigenvalue weighted by Gasteiger charge is -2.24. The van der Waals surface area contributed by atoms with Gasteiger partial charge in [0.2, 0.25) is 0 Å². The van der Waals surface area contributed by atoms with Crippen molar-refractivity contribution in [1.29, 1.82) is 0 Å². The third kappa shape index (κ3) is 3.36. The van der Waals surface area contributed by atoms with Gasteiger partial charge < -0.3 is 4.57 Å². The molecule has 0 radical (unpaired) electrons. The molecular weight excluding hydrogens is 190 g/mol. The SMILES string of the molecule is CCN([SiH2]C(C)[SiH3])c1ccccc1. The van der Waals surface area contributed by atoms with Gasteiger partial charge in [-0.25, -0.2) is 0 Å². The summed E-state index contributed by atoms with van der Waals surface area (Å²) in [6.45, 7) is 5.80. The molecule has 1 aromatic carbocycles. The summed E-state index contributed by atoms with van der Waals surface area (Å²) in [4.78, 5) is 0. The first-order valence-corrected chi connectivity index (χ1v) is 7.64. The highest BCUT2D eigenvalue weighted by Crippen LogP contribution is 2.13. The van der Waals surface area contributed by atoms with Gasteiger partial charge in [-0.1, -0.05) is 25.1 Å². The summed E-state index contributed by atoms with van der Waals surface area (Å²) < 4.78 is 2.58. The molecule has 13 heavy (non-hydrogen) atoms. The van der Waals surface area contributed by atoms with Gasteiger partial charge in [-0.2, -0.15) is 0 Å². The Hall–Kier alpha value is -0.546. The molecule has 0 fully saturated rings. The topological polar surface area (TPSA) is 3.24 Å². The molecule has 1 aromatic rings. The van der Waals surface area contributed by atoms with Crippen molar-refractivity contribution in [3.05, 3.63) is 30.3 Å². The third-order valence-electron chi connectivity index (χ3n) is 2.09. The van der Waals surface area contributed by atoms with Gasteiger partial charge in [0.1, 0.15) is 9.68 Å². The van der Waals surface area contributed by atoms with Crippen molar-refractivity contribution in [2.45, 2.75) is 19.0 Å². The van der Waals surface area contributed by atoms with Crippen LogP contribution < -0.4 is 4.57 Å². The van der Waals surface area contributed by atoms with Crippen LogP contribution in [0.4, 0.5) is 5.69 Å². The van der Waals surface area contributed by atoms with Crippen LogP contribution in [0.15, 0.2) is 30.3 Å². The molecule has 0 amide bonds. The van der Waals surface area contributed by atoms with E-state index in [1.165, 1.54) is 22.5 Å². The first-order chi connectivity index (χ1) is 6.24. The highest BCUT2D eigenvalue weighted by Gasteiger charge is 2.05. The second-order valence-electron chi connectivity index (χ2n) is 3.77. The van der Waals surface area contributed by atoms with E-state index in [1.807, 2.05) is 0 Å². The summed E-state index contributed by atoms with van der Waals surface area (Å²) >= 11 is 0. The maximum Gasteiger partial charge on any atom is 0.123 e. The molecule has 1 rings (SSSR count).